The molecule has 1 saturated heterocycles. The van der Waals surface area contributed by atoms with Gasteiger partial charge in [-0.1, -0.05) is 24.6 Å². The first-order valence-corrected chi connectivity index (χ1v) is 6.69. The van der Waals surface area contributed by atoms with Crippen LogP contribution in [0.1, 0.15) is 38.2 Å². The Kier molecular flexibility index (Phi) is 4.23. The third-order valence-corrected chi connectivity index (χ3v) is 3.71. The van der Waals surface area contributed by atoms with Gasteiger partial charge in [-0.05, 0) is 32.4 Å². The molecule has 1 heterocycles. The lowest BCUT2D eigenvalue weighted by Crippen LogP contribution is -2.38. The number of halogens is 1. The second-order valence-corrected chi connectivity index (χ2v) is 5.25. The van der Waals surface area contributed by atoms with Gasteiger partial charge in [0.05, 0.1) is 7.11 Å². The van der Waals surface area contributed by atoms with Gasteiger partial charge in [0.1, 0.15) is 11.4 Å². The van der Waals surface area contributed by atoms with Crippen molar-refractivity contribution in [1.29, 1.82) is 0 Å². The first-order valence-electron chi connectivity index (χ1n) is 6.69. The number of piperidine rings is 1. The highest BCUT2D eigenvalue weighted by molar-refractivity contribution is 5.37. The molecule has 1 aromatic rings. The van der Waals surface area contributed by atoms with Crippen LogP contribution in [0.25, 0.3) is 0 Å². The summed E-state index contributed by atoms with van der Waals surface area (Å²) in [4.78, 5) is 0. The van der Waals surface area contributed by atoms with Crippen molar-refractivity contribution >= 4 is 0 Å². The largest absolute Gasteiger partial charge is 0.496 e. The molecule has 1 fully saturated rings. The molecule has 1 N–H and O–H groups in total. The lowest BCUT2D eigenvalue weighted by atomic mass is 9.87. The predicted molar refractivity (Wildman–Crippen MR) is 71.7 cm³/mol. The molecule has 0 spiro atoms. The van der Waals surface area contributed by atoms with Crippen molar-refractivity contribution in [2.75, 3.05) is 13.7 Å². The van der Waals surface area contributed by atoms with Crippen molar-refractivity contribution in [1.82, 2.24) is 5.32 Å². The van der Waals surface area contributed by atoms with Crippen molar-refractivity contribution < 1.29 is 9.13 Å². The molecule has 0 aromatic heterocycles. The van der Waals surface area contributed by atoms with Gasteiger partial charge in [0.15, 0.2) is 0 Å². The molecular formula is C15H22FNO. The average Bonchev–Trinajstić information content (AvgIpc) is 2.39. The zero-order valence-electron chi connectivity index (χ0n) is 11.2. The number of benzene rings is 1. The number of methoxy groups -OCH3 is 1. The second kappa shape index (κ2) is 5.70. The van der Waals surface area contributed by atoms with Gasteiger partial charge in [-0.3, -0.25) is 0 Å². The topological polar surface area (TPSA) is 21.3 Å². The van der Waals surface area contributed by atoms with E-state index in [1.807, 2.05) is 24.3 Å². The van der Waals surface area contributed by atoms with E-state index in [0.717, 1.165) is 13.0 Å². The van der Waals surface area contributed by atoms with E-state index in [2.05, 4.69) is 5.32 Å². The summed E-state index contributed by atoms with van der Waals surface area (Å²) >= 11 is 0. The smallest absolute Gasteiger partial charge is 0.138 e. The predicted octanol–water partition coefficient (Wildman–Crippen LogP) is 3.41. The van der Waals surface area contributed by atoms with Crippen molar-refractivity contribution in [3.8, 4) is 5.75 Å². The van der Waals surface area contributed by atoms with Gasteiger partial charge in [0.25, 0.3) is 0 Å². The summed E-state index contributed by atoms with van der Waals surface area (Å²) in [5, 5.41) is 3.40. The molecule has 0 amide bonds. The Bertz CT molecular complexity index is 386. The monoisotopic (exact) mass is 251 g/mol. The number of hydrogen-bond donors (Lipinski definition) is 1. The Labute approximate surface area is 109 Å². The maximum atomic E-state index is 14.9. The summed E-state index contributed by atoms with van der Waals surface area (Å²) in [6.07, 6.45) is 3.97. The Morgan fingerprint density at radius 3 is 2.83 bits per heavy atom. The highest BCUT2D eigenvalue weighted by Crippen LogP contribution is 2.37. The Morgan fingerprint density at radius 1 is 1.39 bits per heavy atom. The lowest BCUT2D eigenvalue weighted by Gasteiger charge is -2.30. The first kappa shape index (κ1) is 13.3. The van der Waals surface area contributed by atoms with Gasteiger partial charge in [-0.15, -0.1) is 0 Å². The molecule has 0 radical (unpaired) electrons. The van der Waals surface area contributed by atoms with E-state index in [9.17, 15) is 4.39 Å². The van der Waals surface area contributed by atoms with Crippen molar-refractivity contribution in [2.45, 2.75) is 44.3 Å². The van der Waals surface area contributed by atoms with Crippen molar-refractivity contribution in [3.05, 3.63) is 29.8 Å². The average molecular weight is 251 g/mol. The molecule has 0 bridgehead atoms. The number of ether oxygens (including phenoxy) is 1. The fraction of sp³-hybridized carbons (Fsp3) is 0.600. The highest BCUT2D eigenvalue weighted by atomic mass is 19.1. The number of alkyl halides is 1. The highest BCUT2D eigenvalue weighted by Gasteiger charge is 2.32. The quantitative estimate of drug-likeness (QED) is 0.885. The van der Waals surface area contributed by atoms with Gasteiger partial charge in [0, 0.05) is 18.0 Å². The number of nitrogens with one attached hydrogen (secondary N) is 1. The van der Waals surface area contributed by atoms with Crippen molar-refractivity contribution in [3.63, 3.8) is 0 Å². The maximum Gasteiger partial charge on any atom is 0.138 e. The van der Waals surface area contributed by atoms with E-state index in [4.69, 9.17) is 4.74 Å². The van der Waals surface area contributed by atoms with Gasteiger partial charge >= 0.3 is 0 Å². The summed E-state index contributed by atoms with van der Waals surface area (Å²) in [6, 6.07) is 7.66. The zero-order chi connectivity index (χ0) is 13.0. The molecule has 1 aliphatic heterocycles. The van der Waals surface area contributed by atoms with Crippen LogP contribution in [0.4, 0.5) is 4.39 Å². The minimum Gasteiger partial charge on any atom is -0.496 e. The lowest BCUT2D eigenvalue weighted by molar-refractivity contribution is 0.142. The third-order valence-electron chi connectivity index (χ3n) is 3.71. The Balaban J connectivity index is 2.13. The maximum absolute atomic E-state index is 14.9. The van der Waals surface area contributed by atoms with Crippen LogP contribution >= 0.6 is 0 Å². The van der Waals surface area contributed by atoms with Crippen LogP contribution in [-0.4, -0.2) is 19.7 Å². The second-order valence-electron chi connectivity index (χ2n) is 5.25. The molecule has 2 unspecified atom stereocenters. The van der Waals surface area contributed by atoms with E-state index in [0.29, 0.717) is 17.7 Å². The summed E-state index contributed by atoms with van der Waals surface area (Å²) in [5.74, 6) is 0.637. The molecule has 2 rings (SSSR count). The molecule has 1 aliphatic rings. The SMILES string of the molecule is COc1ccccc1C(C)(F)CC1CCCCN1. The van der Waals surface area contributed by atoms with E-state index in [1.54, 1.807) is 14.0 Å². The fourth-order valence-corrected chi connectivity index (χ4v) is 2.75. The van der Waals surface area contributed by atoms with Gasteiger partial charge in [-0.2, -0.15) is 0 Å². The van der Waals surface area contributed by atoms with E-state index < -0.39 is 5.67 Å². The fourth-order valence-electron chi connectivity index (χ4n) is 2.75. The molecule has 1 aromatic carbocycles. The van der Waals surface area contributed by atoms with Crippen LogP contribution in [0.2, 0.25) is 0 Å². The zero-order valence-corrected chi connectivity index (χ0v) is 11.2. The molecule has 3 heteroatoms. The van der Waals surface area contributed by atoms with Gasteiger partial charge in [-0.25, -0.2) is 4.39 Å². The van der Waals surface area contributed by atoms with Crippen LogP contribution < -0.4 is 10.1 Å². The first-order chi connectivity index (χ1) is 8.63. The Hall–Kier alpha value is -1.09. The number of para-hydroxylation sites is 1. The number of rotatable bonds is 4. The van der Waals surface area contributed by atoms with E-state index in [-0.39, 0.29) is 6.04 Å². The summed E-state index contributed by atoms with van der Waals surface area (Å²) < 4.78 is 20.2. The molecule has 0 saturated carbocycles. The van der Waals surface area contributed by atoms with E-state index in [1.165, 1.54) is 12.8 Å². The molecule has 18 heavy (non-hydrogen) atoms. The van der Waals surface area contributed by atoms with E-state index >= 15 is 0 Å². The normalized spacial score (nSPS) is 23.4. The van der Waals surface area contributed by atoms with Crippen LogP contribution in [-0.2, 0) is 5.67 Å². The van der Waals surface area contributed by atoms with Crippen LogP contribution in [0.15, 0.2) is 24.3 Å². The summed E-state index contributed by atoms with van der Waals surface area (Å²) in [5.41, 5.74) is -0.693. The minimum atomic E-state index is -1.35. The van der Waals surface area contributed by atoms with Crippen LogP contribution in [0.3, 0.4) is 0 Å². The molecule has 0 aliphatic carbocycles. The minimum absolute atomic E-state index is 0.277. The standard InChI is InChI=1S/C15H22FNO/c1-15(16,11-12-7-5-6-10-17-12)13-8-3-4-9-14(13)18-2/h3-4,8-9,12,17H,5-7,10-11H2,1-2H3. The Morgan fingerprint density at radius 2 is 2.17 bits per heavy atom. The van der Waals surface area contributed by atoms with Gasteiger partial charge in [0.2, 0.25) is 0 Å². The van der Waals surface area contributed by atoms with Crippen LogP contribution in [0, 0.1) is 0 Å². The van der Waals surface area contributed by atoms with Crippen molar-refractivity contribution in [2.24, 2.45) is 0 Å². The molecule has 2 atom stereocenters. The molecular weight excluding hydrogens is 229 g/mol. The summed E-state index contributed by atoms with van der Waals surface area (Å²) in [6.45, 7) is 2.66. The molecule has 100 valence electrons. The summed E-state index contributed by atoms with van der Waals surface area (Å²) in [7, 11) is 1.59. The van der Waals surface area contributed by atoms with Crippen LogP contribution in [0.5, 0.6) is 5.75 Å². The van der Waals surface area contributed by atoms with Gasteiger partial charge < -0.3 is 10.1 Å². The number of hydrogen-bond acceptors (Lipinski definition) is 2. The third kappa shape index (κ3) is 3.02. The molecule has 2 nitrogen and oxygen atoms in total.